The first-order valence-corrected chi connectivity index (χ1v) is 12.9. The Kier molecular flexibility index (Phi) is 6.52. The van der Waals surface area contributed by atoms with Crippen molar-refractivity contribution in [1.29, 1.82) is 0 Å². The highest BCUT2D eigenvalue weighted by Crippen LogP contribution is 2.31. The number of hydrogen-bond donors (Lipinski definition) is 1. The number of rotatable bonds is 6. The molecule has 0 radical (unpaired) electrons. The molecule has 7 nitrogen and oxygen atoms in total. The average Bonchev–Trinajstić information content (AvgIpc) is 3.24. The van der Waals surface area contributed by atoms with Gasteiger partial charge in [-0.25, -0.2) is 13.5 Å². The van der Waals surface area contributed by atoms with E-state index in [1.165, 1.54) is 0 Å². The maximum Gasteiger partial charge on any atom is 0.171 e. The lowest BCUT2D eigenvalue weighted by Gasteiger charge is -2.31. The van der Waals surface area contributed by atoms with E-state index in [1.807, 2.05) is 54.0 Å². The molecular formula is C24H25BrN6OS. The average molecular weight is 525 g/mol. The highest BCUT2D eigenvalue weighted by atomic mass is 79.9. The van der Waals surface area contributed by atoms with Crippen LogP contribution >= 0.6 is 15.9 Å². The van der Waals surface area contributed by atoms with Gasteiger partial charge in [0.25, 0.3) is 0 Å². The molecule has 3 aromatic heterocycles. The van der Waals surface area contributed by atoms with Crippen LogP contribution in [0.25, 0.3) is 5.65 Å². The van der Waals surface area contributed by atoms with Crippen LogP contribution in [0, 0.1) is 6.92 Å². The van der Waals surface area contributed by atoms with Crippen LogP contribution in [-0.2, 0) is 17.5 Å². The van der Waals surface area contributed by atoms with Crippen molar-refractivity contribution < 1.29 is 4.21 Å². The summed E-state index contributed by atoms with van der Waals surface area (Å²) in [7, 11) is -1.18. The number of pyridine rings is 1. The van der Waals surface area contributed by atoms with E-state index < -0.39 is 11.0 Å². The second-order valence-corrected chi connectivity index (χ2v) is 10.6. The minimum Gasteiger partial charge on any atom is -0.366 e. The highest BCUT2D eigenvalue weighted by Gasteiger charge is 2.28. The number of nitrogens with one attached hydrogen (secondary N) is 1. The van der Waals surface area contributed by atoms with E-state index in [4.69, 9.17) is 4.98 Å². The third-order valence-corrected chi connectivity index (χ3v) is 8.16. The second kappa shape index (κ2) is 9.70. The zero-order valence-electron chi connectivity index (χ0n) is 18.3. The Morgan fingerprint density at radius 3 is 2.91 bits per heavy atom. The van der Waals surface area contributed by atoms with Crippen molar-refractivity contribution in [2.75, 3.05) is 18.4 Å². The molecule has 170 valence electrons. The molecule has 1 saturated heterocycles. The number of hydrogen-bond acceptors (Lipinski definition) is 5. The molecule has 1 aliphatic heterocycles. The topological polar surface area (TPSA) is 75.4 Å². The first kappa shape index (κ1) is 22.2. The fraction of sp³-hybridized carbons (Fsp3) is 0.292. The molecule has 2 atom stereocenters. The minimum atomic E-state index is -1.18. The third kappa shape index (κ3) is 4.71. The molecule has 1 N–H and O–H groups in total. The van der Waals surface area contributed by atoms with Crippen LogP contribution in [-0.4, -0.2) is 41.2 Å². The number of aryl methyl sites for hydroxylation is 1. The van der Waals surface area contributed by atoms with Crippen molar-refractivity contribution in [1.82, 2.24) is 23.9 Å². The molecule has 5 rings (SSSR count). The van der Waals surface area contributed by atoms with E-state index in [0.29, 0.717) is 13.1 Å². The van der Waals surface area contributed by atoms with Gasteiger partial charge in [-0.15, -0.1) is 0 Å². The third-order valence-electron chi connectivity index (χ3n) is 5.96. The Morgan fingerprint density at radius 1 is 1.21 bits per heavy atom. The zero-order chi connectivity index (χ0) is 22.8. The predicted molar refractivity (Wildman–Crippen MR) is 133 cm³/mol. The lowest BCUT2D eigenvalue weighted by Crippen LogP contribution is -2.36. The van der Waals surface area contributed by atoms with Crippen molar-refractivity contribution in [2.45, 2.75) is 37.1 Å². The van der Waals surface area contributed by atoms with Crippen LogP contribution in [0.4, 0.5) is 5.82 Å². The summed E-state index contributed by atoms with van der Waals surface area (Å²) in [6.45, 7) is 4.18. The molecular weight excluding hydrogens is 500 g/mol. The van der Waals surface area contributed by atoms with Gasteiger partial charge < -0.3 is 5.32 Å². The van der Waals surface area contributed by atoms with Gasteiger partial charge in [0, 0.05) is 44.0 Å². The molecule has 1 aromatic carbocycles. The molecule has 33 heavy (non-hydrogen) atoms. The summed E-state index contributed by atoms with van der Waals surface area (Å²) in [6, 6.07) is 14.0. The summed E-state index contributed by atoms with van der Waals surface area (Å²) in [5.41, 5.74) is 3.91. The van der Waals surface area contributed by atoms with Gasteiger partial charge in [0.1, 0.15) is 16.8 Å². The van der Waals surface area contributed by atoms with Gasteiger partial charge in [-0.1, -0.05) is 24.3 Å². The Balaban J connectivity index is 1.42. The molecule has 1 fully saturated rings. The van der Waals surface area contributed by atoms with E-state index >= 15 is 0 Å². The summed E-state index contributed by atoms with van der Waals surface area (Å²) in [5, 5.41) is 7.97. The van der Waals surface area contributed by atoms with Gasteiger partial charge in [0.05, 0.1) is 21.3 Å². The number of aromatic nitrogens is 4. The van der Waals surface area contributed by atoms with E-state index in [2.05, 4.69) is 41.7 Å². The van der Waals surface area contributed by atoms with Gasteiger partial charge in [0.2, 0.25) is 0 Å². The standard InChI is InChI=1S/C24H25BrN6OS/c1-17-6-2-3-9-22(17)33(32)30-11-5-8-19(16-30)21-12-23(27-14-18-7-4-10-26-13-18)31-24(29-21)20(25)15-28-31/h2-4,6-7,9-10,12-13,15,19,27H,5,8,11,14,16H2,1H3. The Morgan fingerprint density at radius 2 is 2.09 bits per heavy atom. The van der Waals surface area contributed by atoms with Crippen LogP contribution in [0.3, 0.4) is 0 Å². The summed E-state index contributed by atoms with van der Waals surface area (Å²) < 4.78 is 18.1. The Labute approximate surface area is 204 Å². The first-order valence-electron chi connectivity index (χ1n) is 11.0. The fourth-order valence-electron chi connectivity index (χ4n) is 4.21. The Hall–Kier alpha value is -2.62. The zero-order valence-corrected chi connectivity index (χ0v) is 20.7. The molecule has 2 unspecified atom stereocenters. The molecule has 1 aliphatic rings. The smallest absolute Gasteiger partial charge is 0.171 e. The molecule has 0 amide bonds. The fourth-order valence-corrected chi connectivity index (χ4v) is 5.99. The Bertz CT molecular complexity index is 1290. The van der Waals surface area contributed by atoms with Crippen molar-refractivity contribution in [3.05, 3.63) is 82.3 Å². The SMILES string of the molecule is Cc1ccccc1S(=O)N1CCCC(c2cc(NCc3cccnc3)n3ncc(Br)c3n2)C1. The normalized spacial score (nSPS) is 17.8. The summed E-state index contributed by atoms with van der Waals surface area (Å²) >= 11 is 3.59. The van der Waals surface area contributed by atoms with Gasteiger partial charge in [-0.05, 0) is 59.0 Å². The van der Waals surface area contributed by atoms with E-state index in [-0.39, 0.29) is 5.92 Å². The quantitative estimate of drug-likeness (QED) is 0.395. The highest BCUT2D eigenvalue weighted by molar-refractivity contribution is 9.10. The van der Waals surface area contributed by atoms with Crippen LogP contribution in [0.2, 0.25) is 0 Å². The van der Waals surface area contributed by atoms with E-state index in [9.17, 15) is 4.21 Å². The number of anilines is 1. The molecule has 4 heterocycles. The molecule has 0 aliphatic carbocycles. The van der Waals surface area contributed by atoms with E-state index in [0.717, 1.165) is 57.0 Å². The maximum absolute atomic E-state index is 13.3. The second-order valence-electron chi connectivity index (χ2n) is 8.25. The number of halogens is 1. The molecule has 0 spiro atoms. The summed E-state index contributed by atoms with van der Waals surface area (Å²) in [4.78, 5) is 10.0. The van der Waals surface area contributed by atoms with E-state index in [1.54, 1.807) is 12.4 Å². The summed E-state index contributed by atoms with van der Waals surface area (Å²) in [5.74, 6) is 1.07. The largest absolute Gasteiger partial charge is 0.366 e. The van der Waals surface area contributed by atoms with Gasteiger partial charge in [-0.3, -0.25) is 4.98 Å². The minimum absolute atomic E-state index is 0.192. The van der Waals surface area contributed by atoms with Crippen molar-refractivity contribution in [3.8, 4) is 0 Å². The lowest BCUT2D eigenvalue weighted by molar-refractivity contribution is 0.327. The monoisotopic (exact) mass is 524 g/mol. The van der Waals surface area contributed by atoms with Crippen LogP contribution in [0.1, 0.15) is 35.6 Å². The van der Waals surface area contributed by atoms with Crippen molar-refractivity contribution in [3.63, 3.8) is 0 Å². The number of nitrogens with zero attached hydrogens (tertiary/aromatic N) is 5. The van der Waals surface area contributed by atoms with Gasteiger partial charge >= 0.3 is 0 Å². The molecule has 0 saturated carbocycles. The number of benzene rings is 1. The summed E-state index contributed by atoms with van der Waals surface area (Å²) in [6.07, 6.45) is 7.38. The number of piperidine rings is 1. The van der Waals surface area contributed by atoms with Crippen molar-refractivity contribution >= 4 is 38.4 Å². The number of fused-ring (bicyclic) bond motifs is 1. The van der Waals surface area contributed by atoms with Crippen LogP contribution in [0.15, 0.2) is 70.4 Å². The van der Waals surface area contributed by atoms with Crippen molar-refractivity contribution in [2.24, 2.45) is 0 Å². The molecule has 4 aromatic rings. The van der Waals surface area contributed by atoms with Gasteiger partial charge in [0.15, 0.2) is 5.65 Å². The molecule has 0 bridgehead atoms. The first-order chi connectivity index (χ1) is 16.1. The predicted octanol–water partition coefficient (Wildman–Crippen LogP) is 4.71. The van der Waals surface area contributed by atoms with Gasteiger partial charge in [-0.2, -0.15) is 9.61 Å². The molecule has 9 heteroatoms. The maximum atomic E-state index is 13.3. The van der Waals surface area contributed by atoms with Crippen LogP contribution in [0.5, 0.6) is 0 Å². The van der Waals surface area contributed by atoms with Crippen LogP contribution < -0.4 is 5.32 Å². The lowest BCUT2D eigenvalue weighted by atomic mass is 9.96.